The molecule has 1 heterocycles. The lowest BCUT2D eigenvalue weighted by atomic mass is 9.95. The third kappa shape index (κ3) is 5.97. The van der Waals surface area contributed by atoms with E-state index in [-0.39, 0.29) is 24.4 Å². The molecule has 0 aliphatic heterocycles. The largest absolute Gasteiger partial charge is 0.490 e. The second-order valence-electron chi connectivity index (χ2n) is 8.52. The van der Waals surface area contributed by atoms with E-state index in [1.807, 2.05) is 80.9 Å². The van der Waals surface area contributed by atoms with E-state index in [9.17, 15) is 4.79 Å². The minimum atomic E-state index is -0.111. The first-order valence-electron chi connectivity index (χ1n) is 11.9. The zero-order chi connectivity index (χ0) is 24.7. The molecule has 0 aliphatic rings. The number of carbonyl (C=O) groups excluding carboxylic acids is 1. The minimum Gasteiger partial charge on any atom is -0.490 e. The number of nitrogens with zero attached hydrogens (tertiary/aromatic N) is 2. The third-order valence-corrected chi connectivity index (χ3v) is 5.63. The molecular weight excluding hydrogens is 428 g/mol. The van der Waals surface area contributed by atoms with E-state index in [1.54, 1.807) is 0 Å². The Morgan fingerprint density at radius 1 is 1.00 bits per heavy atom. The highest BCUT2D eigenvalue weighted by Crippen LogP contribution is 2.33. The average molecular weight is 465 g/mol. The number of para-hydroxylation sites is 1. The molecule has 34 heavy (non-hydrogen) atoms. The Labute approximate surface area is 202 Å². The van der Waals surface area contributed by atoms with Crippen molar-refractivity contribution < 1.29 is 14.3 Å². The van der Waals surface area contributed by atoms with Crippen LogP contribution in [0.4, 0.5) is 5.69 Å². The van der Waals surface area contributed by atoms with Crippen molar-refractivity contribution >= 4 is 11.6 Å². The average Bonchev–Trinajstić information content (AvgIpc) is 3.09. The van der Waals surface area contributed by atoms with Gasteiger partial charge in [0.15, 0.2) is 11.5 Å². The number of aryl methyl sites for hydroxylation is 1. The SMILES string of the molecule is CCOc1ccc([C@@H](NCC(=O)Nc2c(C)nn(-c3ccccc3)c2C)C(C)C)cc1OCC. The summed E-state index contributed by atoms with van der Waals surface area (Å²) in [5.41, 5.74) is 4.44. The predicted molar refractivity (Wildman–Crippen MR) is 136 cm³/mol. The van der Waals surface area contributed by atoms with Gasteiger partial charge in [0.05, 0.1) is 42.5 Å². The fourth-order valence-corrected chi connectivity index (χ4v) is 4.03. The van der Waals surface area contributed by atoms with Gasteiger partial charge in [0.1, 0.15) is 0 Å². The van der Waals surface area contributed by atoms with Crippen molar-refractivity contribution in [3.05, 3.63) is 65.5 Å². The molecule has 2 aromatic carbocycles. The maximum atomic E-state index is 12.9. The standard InChI is InChI=1S/C27H36N4O3/c1-7-33-23-15-14-21(16-24(23)34-8-2)26(18(3)4)28-17-25(32)29-27-19(5)30-31(20(27)6)22-12-10-9-11-13-22/h9-16,18,26,28H,7-8,17H2,1-6H3,(H,29,32)/t26-/m0/s1. The van der Waals surface area contributed by atoms with Crippen molar-refractivity contribution in [3.63, 3.8) is 0 Å². The molecule has 0 saturated heterocycles. The Kier molecular flexibility index (Phi) is 8.71. The Bertz CT molecular complexity index is 1090. The summed E-state index contributed by atoms with van der Waals surface area (Å²) < 4.78 is 13.3. The number of benzene rings is 2. The number of anilines is 1. The summed E-state index contributed by atoms with van der Waals surface area (Å²) >= 11 is 0. The smallest absolute Gasteiger partial charge is 0.238 e. The molecule has 7 heteroatoms. The van der Waals surface area contributed by atoms with Crippen LogP contribution in [0.1, 0.15) is 50.7 Å². The van der Waals surface area contributed by atoms with Crippen molar-refractivity contribution in [2.75, 3.05) is 25.1 Å². The van der Waals surface area contributed by atoms with E-state index in [0.717, 1.165) is 39.8 Å². The Hall–Kier alpha value is -3.32. The Balaban J connectivity index is 1.72. The van der Waals surface area contributed by atoms with E-state index < -0.39 is 0 Å². The number of aromatic nitrogens is 2. The lowest BCUT2D eigenvalue weighted by molar-refractivity contribution is -0.115. The normalized spacial score (nSPS) is 12.0. The molecule has 0 saturated carbocycles. The Morgan fingerprint density at radius 2 is 1.68 bits per heavy atom. The first-order chi connectivity index (χ1) is 16.3. The molecule has 0 bridgehead atoms. The lowest BCUT2D eigenvalue weighted by Gasteiger charge is -2.24. The van der Waals surface area contributed by atoms with Crippen LogP contribution in [0.15, 0.2) is 48.5 Å². The van der Waals surface area contributed by atoms with E-state index in [2.05, 4.69) is 29.6 Å². The number of nitrogens with one attached hydrogen (secondary N) is 2. The van der Waals surface area contributed by atoms with Crippen LogP contribution < -0.4 is 20.1 Å². The molecular formula is C27H36N4O3. The number of amides is 1. The molecule has 3 aromatic rings. The Morgan fingerprint density at radius 3 is 2.32 bits per heavy atom. The van der Waals surface area contributed by atoms with Gasteiger partial charge in [-0.25, -0.2) is 4.68 Å². The number of hydrogen-bond acceptors (Lipinski definition) is 5. The van der Waals surface area contributed by atoms with Crippen molar-refractivity contribution in [2.24, 2.45) is 5.92 Å². The van der Waals surface area contributed by atoms with Crippen molar-refractivity contribution in [2.45, 2.75) is 47.6 Å². The topological polar surface area (TPSA) is 77.4 Å². The molecule has 0 fully saturated rings. The van der Waals surface area contributed by atoms with E-state index >= 15 is 0 Å². The number of hydrogen-bond donors (Lipinski definition) is 2. The minimum absolute atomic E-state index is 0.0186. The van der Waals surface area contributed by atoms with Crippen LogP contribution in [0.25, 0.3) is 5.69 Å². The summed E-state index contributed by atoms with van der Waals surface area (Å²) in [6, 6.07) is 15.8. The quantitative estimate of drug-likeness (QED) is 0.407. The van der Waals surface area contributed by atoms with Gasteiger partial charge in [0.2, 0.25) is 5.91 Å². The van der Waals surface area contributed by atoms with Gasteiger partial charge in [-0.05, 0) is 63.4 Å². The summed E-state index contributed by atoms with van der Waals surface area (Å²) in [5, 5.41) is 11.1. The molecule has 182 valence electrons. The van der Waals surface area contributed by atoms with Gasteiger partial charge in [-0.1, -0.05) is 38.1 Å². The van der Waals surface area contributed by atoms with Crippen LogP contribution >= 0.6 is 0 Å². The summed E-state index contributed by atoms with van der Waals surface area (Å²) in [6.45, 7) is 13.3. The second-order valence-corrected chi connectivity index (χ2v) is 8.52. The molecule has 1 atom stereocenters. The summed E-state index contributed by atoms with van der Waals surface area (Å²) in [7, 11) is 0. The summed E-state index contributed by atoms with van der Waals surface area (Å²) in [4.78, 5) is 12.9. The van der Waals surface area contributed by atoms with Gasteiger partial charge in [-0.2, -0.15) is 5.10 Å². The fraction of sp³-hybridized carbons (Fsp3) is 0.407. The van der Waals surface area contributed by atoms with Gasteiger partial charge in [0.25, 0.3) is 0 Å². The maximum Gasteiger partial charge on any atom is 0.238 e. The first kappa shape index (κ1) is 25.3. The van der Waals surface area contributed by atoms with Crippen molar-refractivity contribution in [1.82, 2.24) is 15.1 Å². The fourth-order valence-electron chi connectivity index (χ4n) is 4.03. The predicted octanol–water partition coefficient (Wildman–Crippen LogP) is 5.21. The van der Waals surface area contributed by atoms with Crippen LogP contribution in [0.3, 0.4) is 0 Å². The van der Waals surface area contributed by atoms with Crippen LogP contribution in [0.2, 0.25) is 0 Å². The molecule has 1 amide bonds. The lowest BCUT2D eigenvalue weighted by Crippen LogP contribution is -2.33. The van der Waals surface area contributed by atoms with E-state index in [0.29, 0.717) is 13.2 Å². The highest BCUT2D eigenvalue weighted by molar-refractivity contribution is 5.93. The zero-order valence-corrected chi connectivity index (χ0v) is 21.0. The molecule has 2 N–H and O–H groups in total. The summed E-state index contributed by atoms with van der Waals surface area (Å²) in [5.74, 6) is 1.61. The first-order valence-corrected chi connectivity index (χ1v) is 11.9. The number of rotatable bonds is 11. The maximum absolute atomic E-state index is 12.9. The molecule has 0 spiro atoms. The van der Waals surface area contributed by atoms with Crippen LogP contribution in [-0.4, -0.2) is 35.4 Å². The van der Waals surface area contributed by atoms with Crippen molar-refractivity contribution in [1.29, 1.82) is 0 Å². The monoisotopic (exact) mass is 464 g/mol. The second kappa shape index (κ2) is 11.7. The molecule has 1 aromatic heterocycles. The molecule has 7 nitrogen and oxygen atoms in total. The highest BCUT2D eigenvalue weighted by Gasteiger charge is 2.20. The van der Waals surface area contributed by atoms with E-state index in [1.165, 1.54) is 0 Å². The van der Waals surface area contributed by atoms with Gasteiger partial charge < -0.3 is 20.1 Å². The van der Waals surface area contributed by atoms with Gasteiger partial charge in [-0.3, -0.25) is 4.79 Å². The van der Waals surface area contributed by atoms with Crippen LogP contribution in [0, 0.1) is 19.8 Å². The highest BCUT2D eigenvalue weighted by atomic mass is 16.5. The molecule has 3 rings (SSSR count). The van der Waals surface area contributed by atoms with Crippen LogP contribution in [-0.2, 0) is 4.79 Å². The van der Waals surface area contributed by atoms with Gasteiger partial charge >= 0.3 is 0 Å². The molecule has 0 radical (unpaired) electrons. The number of ether oxygens (including phenoxy) is 2. The molecule has 0 unspecified atom stereocenters. The summed E-state index contributed by atoms with van der Waals surface area (Å²) in [6.07, 6.45) is 0. The van der Waals surface area contributed by atoms with E-state index in [4.69, 9.17) is 9.47 Å². The van der Waals surface area contributed by atoms with Crippen molar-refractivity contribution in [3.8, 4) is 17.2 Å². The number of carbonyl (C=O) groups is 1. The third-order valence-electron chi connectivity index (χ3n) is 5.63. The zero-order valence-electron chi connectivity index (χ0n) is 21.0. The van der Waals surface area contributed by atoms with Crippen LogP contribution in [0.5, 0.6) is 11.5 Å². The van der Waals surface area contributed by atoms with Gasteiger partial charge in [-0.15, -0.1) is 0 Å². The van der Waals surface area contributed by atoms with Gasteiger partial charge in [0, 0.05) is 6.04 Å². The molecule has 0 aliphatic carbocycles.